The average Bonchev–Trinajstić information content (AvgIpc) is 2.76. The number of carbonyl (C=O) groups excluding carboxylic acids is 2. The molecule has 0 aromatic heterocycles. The van der Waals surface area contributed by atoms with Crippen LogP contribution in [0.25, 0.3) is 0 Å². The van der Waals surface area contributed by atoms with Gasteiger partial charge in [0.2, 0.25) is 5.91 Å². The van der Waals surface area contributed by atoms with Crippen LogP contribution in [0.3, 0.4) is 0 Å². The van der Waals surface area contributed by atoms with Crippen molar-refractivity contribution in [3.05, 3.63) is 83.7 Å². The van der Waals surface area contributed by atoms with E-state index in [1.54, 1.807) is 36.4 Å². The number of hydrogen-bond acceptors (Lipinski definition) is 4. The first-order chi connectivity index (χ1) is 15.3. The van der Waals surface area contributed by atoms with Gasteiger partial charge >= 0.3 is 6.61 Å². The molecule has 166 valence electrons. The fourth-order valence-corrected chi connectivity index (χ4v) is 3.58. The number of aryl methyl sites for hydroxylation is 1. The summed E-state index contributed by atoms with van der Waals surface area (Å²) in [7, 11) is 0. The Morgan fingerprint density at radius 3 is 2.34 bits per heavy atom. The summed E-state index contributed by atoms with van der Waals surface area (Å²) in [5.41, 5.74) is 2.11. The molecule has 0 atom stereocenters. The number of rotatable bonds is 8. The zero-order valence-corrected chi connectivity index (χ0v) is 17.7. The Bertz CT molecular complexity index is 1110. The largest absolute Gasteiger partial charge is 0.432 e. The number of thioether (sulfide) groups is 1. The number of ether oxygens (including phenoxy) is 1. The molecule has 3 rings (SSSR count). The van der Waals surface area contributed by atoms with Gasteiger partial charge in [-0.1, -0.05) is 29.8 Å². The van der Waals surface area contributed by atoms with E-state index in [9.17, 15) is 22.8 Å². The third-order valence-electron chi connectivity index (χ3n) is 4.23. The van der Waals surface area contributed by atoms with Crippen LogP contribution in [0.15, 0.2) is 71.6 Å². The van der Waals surface area contributed by atoms with E-state index < -0.39 is 24.1 Å². The number of halogens is 3. The van der Waals surface area contributed by atoms with Gasteiger partial charge in [-0.2, -0.15) is 8.78 Å². The first-order valence-electron chi connectivity index (χ1n) is 9.46. The second-order valence-corrected chi connectivity index (χ2v) is 7.69. The zero-order valence-electron chi connectivity index (χ0n) is 16.9. The van der Waals surface area contributed by atoms with E-state index in [-0.39, 0.29) is 22.9 Å². The van der Waals surface area contributed by atoms with Gasteiger partial charge in [0.25, 0.3) is 5.91 Å². The Labute approximate surface area is 187 Å². The topological polar surface area (TPSA) is 67.4 Å². The van der Waals surface area contributed by atoms with Gasteiger partial charge in [-0.25, -0.2) is 4.39 Å². The van der Waals surface area contributed by atoms with Gasteiger partial charge in [-0.15, -0.1) is 11.8 Å². The molecule has 0 aliphatic rings. The molecule has 5 nitrogen and oxygen atoms in total. The van der Waals surface area contributed by atoms with Crippen LogP contribution >= 0.6 is 11.8 Å². The molecular formula is C23H19F3N2O3S. The number of benzene rings is 3. The van der Waals surface area contributed by atoms with Crippen molar-refractivity contribution in [2.75, 3.05) is 16.4 Å². The predicted octanol–water partition coefficient (Wildman–Crippen LogP) is 5.72. The van der Waals surface area contributed by atoms with Crippen molar-refractivity contribution in [1.29, 1.82) is 0 Å². The molecule has 3 aromatic carbocycles. The first-order valence-corrected chi connectivity index (χ1v) is 10.4. The molecule has 0 aliphatic heterocycles. The Balaban J connectivity index is 1.64. The fourth-order valence-electron chi connectivity index (χ4n) is 2.73. The lowest BCUT2D eigenvalue weighted by atomic mass is 10.2. The van der Waals surface area contributed by atoms with Crippen molar-refractivity contribution in [1.82, 2.24) is 0 Å². The highest BCUT2D eigenvalue weighted by molar-refractivity contribution is 8.00. The van der Waals surface area contributed by atoms with Crippen molar-refractivity contribution in [2.45, 2.75) is 18.4 Å². The summed E-state index contributed by atoms with van der Waals surface area (Å²) >= 11 is 1.18. The van der Waals surface area contributed by atoms with Crippen molar-refractivity contribution in [3.8, 4) is 5.75 Å². The average molecular weight is 460 g/mol. The van der Waals surface area contributed by atoms with Crippen LogP contribution in [0.4, 0.5) is 24.5 Å². The second-order valence-electron chi connectivity index (χ2n) is 6.68. The molecule has 0 heterocycles. The molecule has 9 heteroatoms. The molecule has 0 spiro atoms. The van der Waals surface area contributed by atoms with Crippen LogP contribution in [0.1, 0.15) is 15.9 Å². The van der Waals surface area contributed by atoms with E-state index in [0.29, 0.717) is 10.6 Å². The number of alkyl halides is 2. The van der Waals surface area contributed by atoms with Gasteiger partial charge in [0.1, 0.15) is 0 Å². The minimum atomic E-state index is -3.16. The monoisotopic (exact) mass is 460 g/mol. The minimum Gasteiger partial charge on any atom is -0.432 e. The summed E-state index contributed by atoms with van der Waals surface area (Å²) in [6.07, 6.45) is 0. The highest BCUT2D eigenvalue weighted by Gasteiger charge is 2.15. The van der Waals surface area contributed by atoms with E-state index in [1.165, 1.54) is 17.8 Å². The highest BCUT2D eigenvalue weighted by Crippen LogP contribution is 2.26. The van der Waals surface area contributed by atoms with E-state index in [2.05, 4.69) is 15.4 Å². The summed E-state index contributed by atoms with van der Waals surface area (Å²) < 4.78 is 42.5. The van der Waals surface area contributed by atoms with E-state index in [1.807, 2.05) is 19.1 Å². The van der Waals surface area contributed by atoms with Gasteiger partial charge in [-0.05, 0) is 43.3 Å². The molecule has 0 saturated heterocycles. The molecule has 0 bridgehead atoms. The van der Waals surface area contributed by atoms with Crippen molar-refractivity contribution >= 4 is 35.0 Å². The van der Waals surface area contributed by atoms with Crippen LogP contribution < -0.4 is 15.4 Å². The fraction of sp³-hybridized carbons (Fsp3) is 0.130. The molecule has 0 radical (unpaired) electrons. The van der Waals surface area contributed by atoms with Crippen molar-refractivity contribution < 1.29 is 27.5 Å². The maximum absolute atomic E-state index is 13.9. The molecule has 2 amide bonds. The van der Waals surface area contributed by atoms with Gasteiger partial charge in [0.05, 0.1) is 11.3 Å². The predicted molar refractivity (Wildman–Crippen MR) is 118 cm³/mol. The van der Waals surface area contributed by atoms with Crippen LogP contribution in [0, 0.1) is 12.7 Å². The third-order valence-corrected chi connectivity index (χ3v) is 5.31. The Hall–Kier alpha value is -3.46. The third kappa shape index (κ3) is 6.52. The molecule has 0 saturated carbocycles. The Morgan fingerprint density at radius 1 is 0.969 bits per heavy atom. The van der Waals surface area contributed by atoms with E-state index in [0.717, 1.165) is 17.7 Å². The van der Waals surface area contributed by atoms with E-state index in [4.69, 9.17) is 0 Å². The first kappa shape index (κ1) is 23.2. The van der Waals surface area contributed by atoms with Crippen molar-refractivity contribution in [3.63, 3.8) is 0 Å². The summed E-state index contributed by atoms with van der Waals surface area (Å²) in [5.74, 6) is -2.33. The summed E-state index contributed by atoms with van der Waals surface area (Å²) in [4.78, 5) is 25.5. The Morgan fingerprint density at radius 2 is 1.66 bits per heavy atom. The summed E-state index contributed by atoms with van der Waals surface area (Å²) in [5, 5.41) is 5.30. The lowest BCUT2D eigenvalue weighted by molar-refractivity contribution is -0.113. The lowest BCUT2D eigenvalue weighted by Crippen LogP contribution is -2.16. The quantitative estimate of drug-likeness (QED) is 0.422. The number of carbonyl (C=O) groups is 2. The Kier molecular flexibility index (Phi) is 7.77. The molecular weight excluding hydrogens is 441 g/mol. The van der Waals surface area contributed by atoms with Crippen LogP contribution in [-0.2, 0) is 4.79 Å². The molecule has 0 fully saturated rings. The number of anilines is 2. The highest BCUT2D eigenvalue weighted by atomic mass is 32.2. The molecule has 0 unspecified atom stereocenters. The number of nitrogens with one attached hydrogen (secondary N) is 2. The number of amides is 2. The van der Waals surface area contributed by atoms with Crippen LogP contribution in [0.5, 0.6) is 5.75 Å². The summed E-state index contributed by atoms with van der Waals surface area (Å²) in [6.45, 7) is -1.21. The van der Waals surface area contributed by atoms with Crippen molar-refractivity contribution in [2.24, 2.45) is 0 Å². The van der Waals surface area contributed by atoms with Crippen LogP contribution in [0.2, 0.25) is 0 Å². The SMILES string of the molecule is Cc1ccc(NC(=O)CSc2ccccc2C(=O)Nc2ccc(OC(F)F)c(F)c2)cc1. The summed E-state index contributed by atoms with van der Waals surface area (Å²) in [6, 6.07) is 17.2. The minimum absolute atomic E-state index is 0.0750. The maximum atomic E-state index is 13.9. The molecule has 2 N–H and O–H groups in total. The molecule has 32 heavy (non-hydrogen) atoms. The van der Waals surface area contributed by atoms with Gasteiger partial charge < -0.3 is 15.4 Å². The standard InChI is InChI=1S/C23H19F3N2O3S/c1-14-6-8-15(9-7-14)27-21(29)13-32-20-5-3-2-4-17(20)22(30)28-16-10-11-19(18(24)12-16)31-23(25)26/h2-12,23H,13H2,1H3,(H,27,29)(H,28,30). The molecule has 0 aliphatic carbocycles. The van der Waals surface area contributed by atoms with Gasteiger partial charge in [0.15, 0.2) is 11.6 Å². The molecule has 3 aromatic rings. The lowest BCUT2D eigenvalue weighted by Gasteiger charge is -2.11. The maximum Gasteiger partial charge on any atom is 0.387 e. The zero-order chi connectivity index (χ0) is 23.1. The normalized spacial score (nSPS) is 10.7. The van der Waals surface area contributed by atoms with Crippen LogP contribution in [-0.4, -0.2) is 24.2 Å². The van der Waals surface area contributed by atoms with E-state index >= 15 is 0 Å². The van der Waals surface area contributed by atoms with Gasteiger partial charge in [0, 0.05) is 22.3 Å². The van der Waals surface area contributed by atoms with Gasteiger partial charge in [-0.3, -0.25) is 9.59 Å². The second kappa shape index (κ2) is 10.7. The smallest absolute Gasteiger partial charge is 0.387 e. The number of hydrogen-bond donors (Lipinski definition) is 2.